The molecule has 3 fully saturated rings. The van der Waals surface area contributed by atoms with Crippen molar-refractivity contribution in [3.05, 3.63) is 34.3 Å². The van der Waals surface area contributed by atoms with Crippen molar-refractivity contribution in [2.24, 2.45) is 17.8 Å². The van der Waals surface area contributed by atoms with Gasteiger partial charge in [-0.25, -0.2) is 8.42 Å². The van der Waals surface area contributed by atoms with Gasteiger partial charge in [0, 0.05) is 13.3 Å². The maximum absolute atomic E-state index is 12.2. The number of alkyl halides is 3. The van der Waals surface area contributed by atoms with Crippen LogP contribution in [0, 0.1) is 17.8 Å². The predicted octanol–water partition coefficient (Wildman–Crippen LogP) is 5.75. The quantitative estimate of drug-likeness (QED) is 0.582. The number of nitrogens with one attached hydrogen (secondary N) is 1. The van der Waals surface area contributed by atoms with Crippen LogP contribution in [0.3, 0.4) is 0 Å². The molecule has 0 saturated heterocycles. The molecule has 9 heteroatoms. The minimum absolute atomic E-state index is 0.0205. The van der Waals surface area contributed by atoms with Crippen LogP contribution in [0.15, 0.2) is 18.2 Å². The van der Waals surface area contributed by atoms with Crippen LogP contribution in [0.2, 0.25) is 5.02 Å². The smallest absolute Gasteiger partial charge is 0.355 e. The van der Waals surface area contributed by atoms with Gasteiger partial charge in [-0.05, 0) is 55.2 Å². The first kappa shape index (κ1) is 26.0. The number of benzene rings is 1. The van der Waals surface area contributed by atoms with Gasteiger partial charge < -0.3 is 5.32 Å². The third kappa shape index (κ3) is 10.3. The van der Waals surface area contributed by atoms with Crippen LogP contribution >= 0.6 is 11.6 Å². The van der Waals surface area contributed by atoms with Crippen LogP contribution in [-0.4, -0.2) is 33.4 Å². The summed E-state index contributed by atoms with van der Waals surface area (Å²) < 4.78 is 57.6. The molecule has 3 saturated carbocycles. The number of hydrogen-bond acceptors (Lipinski definition) is 3. The van der Waals surface area contributed by atoms with E-state index in [4.69, 9.17) is 11.6 Å². The third-order valence-corrected chi connectivity index (χ3v) is 6.98. The molecular weight excluding hydrogens is 451 g/mol. The van der Waals surface area contributed by atoms with Gasteiger partial charge in [-0.3, -0.25) is 4.79 Å². The van der Waals surface area contributed by atoms with E-state index in [0.29, 0.717) is 11.7 Å². The first-order valence-corrected chi connectivity index (χ1v) is 13.1. The molecule has 0 atom stereocenters. The molecule has 3 aliphatic rings. The molecular formula is C22H31ClF3NO3S. The van der Waals surface area contributed by atoms with E-state index in [9.17, 15) is 26.4 Å². The summed E-state index contributed by atoms with van der Waals surface area (Å²) in [7, 11) is -1.29. The lowest BCUT2D eigenvalue weighted by Gasteiger charge is -2.24. The average Bonchev–Trinajstić information content (AvgIpc) is 3.53. The highest BCUT2D eigenvalue weighted by Gasteiger charge is 2.31. The molecule has 0 aliphatic heterocycles. The van der Waals surface area contributed by atoms with E-state index >= 15 is 0 Å². The zero-order valence-corrected chi connectivity index (χ0v) is 19.5. The Morgan fingerprint density at radius 2 is 1.61 bits per heavy atom. The molecule has 3 aliphatic carbocycles. The summed E-state index contributed by atoms with van der Waals surface area (Å²) >= 11 is 5.55. The summed E-state index contributed by atoms with van der Waals surface area (Å²) in [4.78, 5) is 11.1. The first-order chi connectivity index (χ1) is 14.4. The van der Waals surface area contributed by atoms with Crippen LogP contribution in [0.4, 0.5) is 13.2 Å². The molecule has 0 spiro atoms. The highest BCUT2D eigenvalue weighted by atomic mass is 35.5. The van der Waals surface area contributed by atoms with Crippen LogP contribution in [-0.2, 0) is 16.0 Å². The van der Waals surface area contributed by atoms with E-state index in [1.54, 1.807) is 32.1 Å². The van der Waals surface area contributed by atoms with Gasteiger partial charge in [0.15, 0.2) is 0 Å². The summed E-state index contributed by atoms with van der Waals surface area (Å²) in [5.41, 5.74) is -0.854. The van der Waals surface area contributed by atoms with Crippen molar-refractivity contribution in [3.63, 3.8) is 0 Å². The summed E-state index contributed by atoms with van der Waals surface area (Å²) in [5.74, 6) is 2.74. The minimum Gasteiger partial charge on any atom is -0.355 e. The molecule has 176 valence electrons. The zero-order valence-electron chi connectivity index (χ0n) is 18.0. The molecule has 1 amide bonds. The number of hydrogen-bond donors (Lipinski definition) is 1. The monoisotopic (exact) mass is 481 g/mol. The predicted molar refractivity (Wildman–Crippen MR) is 117 cm³/mol. The minimum atomic E-state index is -4.45. The molecule has 1 aromatic rings. The highest BCUT2D eigenvalue weighted by molar-refractivity contribution is 7.90. The molecule has 1 N–H and O–H groups in total. The molecule has 31 heavy (non-hydrogen) atoms. The Kier molecular flexibility index (Phi) is 9.25. The molecule has 0 heterocycles. The van der Waals surface area contributed by atoms with Crippen molar-refractivity contribution in [1.82, 2.24) is 5.32 Å². The van der Waals surface area contributed by atoms with Gasteiger partial charge in [0.05, 0.1) is 21.9 Å². The molecule has 0 unspecified atom stereocenters. The topological polar surface area (TPSA) is 63.2 Å². The lowest BCUT2D eigenvalue weighted by atomic mass is 9.82. The number of rotatable bonds is 5. The maximum Gasteiger partial charge on any atom is 0.416 e. The van der Waals surface area contributed by atoms with E-state index in [-0.39, 0.29) is 10.6 Å². The Labute approximate surface area is 187 Å². The molecule has 0 radical (unpaired) electrons. The van der Waals surface area contributed by atoms with Crippen LogP contribution in [0.25, 0.3) is 0 Å². The van der Waals surface area contributed by atoms with E-state index in [1.807, 2.05) is 0 Å². The summed E-state index contributed by atoms with van der Waals surface area (Å²) in [5, 5.41) is 2.06. The Balaban J connectivity index is 0.000000179. The van der Waals surface area contributed by atoms with E-state index in [0.717, 1.165) is 31.0 Å². The van der Waals surface area contributed by atoms with Crippen LogP contribution < -0.4 is 5.32 Å². The normalized spacial score (nSPS) is 18.6. The Hall–Kier alpha value is -1.28. The van der Waals surface area contributed by atoms with Crippen LogP contribution in [0.1, 0.15) is 67.3 Å². The van der Waals surface area contributed by atoms with Gasteiger partial charge in [0.25, 0.3) is 5.91 Å². The van der Waals surface area contributed by atoms with Gasteiger partial charge in [-0.2, -0.15) is 13.2 Å². The van der Waals surface area contributed by atoms with E-state index < -0.39 is 27.5 Å². The maximum atomic E-state index is 12.2. The van der Waals surface area contributed by atoms with Crippen molar-refractivity contribution < 1.29 is 26.4 Å². The van der Waals surface area contributed by atoms with E-state index in [2.05, 4.69) is 5.32 Å². The highest BCUT2D eigenvalue weighted by Crippen LogP contribution is 2.41. The Bertz CT molecular complexity index is 846. The third-order valence-electron chi connectivity index (χ3n) is 5.59. The molecule has 4 rings (SSSR count). The van der Waals surface area contributed by atoms with Gasteiger partial charge in [0.1, 0.15) is 9.84 Å². The second-order valence-electron chi connectivity index (χ2n) is 8.78. The number of sulfone groups is 1. The lowest BCUT2D eigenvalue weighted by Crippen LogP contribution is -2.18. The molecule has 4 nitrogen and oxygen atoms in total. The fourth-order valence-electron chi connectivity index (χ4n) is 3.28. The van der Waals surface area contributed by atoms with Gasteiger partial charge in [-0.1, -0.05) is 43.7 Å². The second kappa shape index (κ2) is 11.0. The fourth-order valence-corrected chi connectivity index (χ4v) is 4.73. The Morgan fingerprint density at radius 3 is 1.94 bits per heavy atom. The van der Waals surface area contributed by atoms with Gasteiger partial charge in [0.2, 0.25) is 0 Å². The zero-order chi connectivity index (χ0) is 23.2. The first-order valence-electron chi connectivity index (χ1n) is 10.7. The van der Waals surface area contributed by atoms with Crippen LogP contribution in [0.5, 0.6) is 0 Å². The number of halogens is 4. The Morgan fingerprint density at radius 1 is 1.06 bits per heavy atom. The van der Waals surface area contributed by atoms with E-state index in [1.165, 1.54) is 31.6 Å². The summed E-state index contributed by atoms with van der Waals surface area (Å²) in [6.45, 7) is 0. The van der Waals surface area contributed by atoms with Crippen molar-refractivity contribution in [1.29, 1.82) is 0 Å². The van der Waals surface area contributed by atoms with Crippen molar-refractivity contribution in [2.45, 2.75) is 57.5 Å². The van der Waals surface area contributed by atoms with Crippen molar-refractivity contribution >= 4 is 27.3 Å². The second-order valence-corrected chi connectivity index (χ2v) is 11.4. The SMILES string of the molecule is C1CC(CC2CC2)C1.CNC(=O)c1ccc(C(F)(F)F)cc1Cl.CS(=O)(=O)CC1CC1. The summed E-state index contributed by atoms with van der Waals surface area (Å²) in [6.07, 6.45) is 8.40. The lowest BCUT2D eigenvalue weighted by molar-refractivity contribution is -0.137. The number of carbonyl (C=O) groups is 1. The summed E-state index contributed by atoms with van der Waals surface area (Å²) in [6, 6.07) is 2.59. The molecule has 0 aromatic heterocycles. The number of carbonyl (C=O) groups excluding carboxylic acids is 1. The standard InChI is InChI=1S/C9H7ClF3NO.C8H14.C5H10O2S/c1-14-8(15)6-3-2-5(4-7(6)10)9(11,12)13;1-2-7(3-1)6-8-4-5-8;1-8(6,7)4-5-2-3-5/h2-4H,1H3,(H,14,15);7-8H,1-6H2;5H,2-4H2,1H3. The largest absolute Gasteiger partial charge is 0.416 e. The fraction of sp³-hybridized carbons (Fsp3) is 0.682. The molecule has 1 aromatic carbocycles. The average molecular weight is 482 g/mol. The van der Waals surface area contributed by atoms with Gasteiger partial charge in [-0.15, -0.1) is 0 Å². The van der Waals surface area contributed by atoms with Gasteiger partial charge >= 0.3 is 6.18 Å². The molecule has 0 bridgehead atoms. The number of amides is 1. The van der Waals surface area contributed by atoms with Crippen molar-refractivity contribution in [2.75, 3.05) is 19.1 Å². The van der Waals surface area contributed by atoms with Crippen molar-refractivity contribution in [3.8, 4) is 0 Å².